The fourth-order valence-electron chi connectivity index (χ4n) is 7.82. The predicted molar refractivity (Wildman–Crippen MR) is 156 cm³/mol. The smallest absolute Gasteiger partial charge is 0.343 e. The zero-order valence-corrected chi connectivity index (χ0v) is 25.7. The summed E-state index contributed by atoms with van der Waals surface area (Å²) >= 11 is 4.88. The summed E-state index contributed by atoms with van der Waals surface area (Å²) < 4.78 is 30.0. The molecule has 15 heteroatoms. The van der Waals surface area contributed by atoms with Crippen molar-refractivity contribution in [2.24, 2.45) is 21.7 Å². The van der Waals surface area contributed by atoms with Crippen molar-refractivity contribution in [2.75, 3.05) is 34.5 Å². The quantitative estimate of drug-likeness (QED) is 0.169. The van der Waals surface area contributed by atoms with E-state index in [0.29, 0.717) is 45.7 Å². The number of hydrogen-bond acceptors (Lipinski definition) is 15. The molecule has 10 aliphatic heterocycles. The summed E-state index contributed by atoms with van der Waals surface area (Å²) in [5, 5.41) is 0. The fourth-order valence-corrected chi connectivity index (χ4v) is 12.6. The van der Waals surface area contributed by atoms with Crippen molar-refractivity contribution in [3.63, 3.8) is 0 Å². The number of thioether (sulfide) groups is 3. The van der Waals surface area contributed by atoms with Crippen LogP contribution in [0, 0.1) is 21.7 Å². The summed E-state index contributed by atoms with van der Waals surface area (Å²) in [6, 6.07) is 3.67. The molecule has 1 aromatic rings. The largest absolute Gasteiger partial charge is 0.473 e. The Hall–Kier alpha value is -3.11. The number of cyclic esters (lactones) is 6. The van der Waals surface area contributed by atoms with Crippen LogP contribution in [0.2, 0.25) is 0 Å². The second kappa shape index (κ2) is 10.2. The third kappa shape index (κ3) is 3.56. The number of carbonyl (C=O) groups excluding carboxylic acids is 6. The van der Waals surface area contributed by atoms with E-state index in [2.05, 4.69) is 9.15 Å². The lowest BCUT2D eigenvalue weighted by molar-refractivity contribution is -0.161. The minimum Gasteiger partial charge on any atom is -0.473 e. The Morgan fingerprint density at radius 3 is 1.18 bits per heavy atom. The lowest BCUT2D eigenvalue weighted by atomic mass is 9.61. The highest BCUT2D eigenvalue weighted by Crippen LogP contribution is 2.68. The molecule has 8 atom stereocenters. The van der Waals surface area contributed by atoms with Gasteiger partial charge in [0.25, 0.3) is 0 Å². The number of esters is 6. The van der Waals surface area contributed by atoms with Crippen LogP contribution in [0.1, 0.15) is 0 Å². The molecule has 6 saturated heterocycles. The molecule has 0 spiro atoms. The van der Waals surface area contributed by atoms with Crippen LogP contribution >= 0.6 is 35.3 Å². The normalized spacial score (nSPS) is 42.6. The summed E-state index contributed by atoms with van der Waals surface area (Å²) in [6.07, 6.45) is 9.83. The van der Waals surface area contributed by atoms with Crippen LogP contribution in [-0.4, -0.2) is 94.7 Å². The van der Waals surface area contributed by atoms with Gasteiger partial charge in [0.2, 0.25) is 0 Å². The molecule has 11 heterocycles. The molecule has 0 aliphatic carbocycles. The van der Waals surface area contributed by atoms with E-state index in [1.165, 1.54) is 0 Å². The maximum atomic E-state index is 11.9. The molecule has 0 N–H and O–H groups in total. The average Bonchev–Trinajstić information content (AvgIpc) is 3.88. The zero-order chi connectivity index (χ0) is 31.2. The standard InChI is InChI=1S/2C10H8O4S.C6H4O3S.C4H4O/c2*11-7-9-3-15-4-10(9,8(12)14-7)6-2-1-5(9)13-6;7-5-3-1-10-2-4(3)6(8)9-5;1-2-4-5-3-1/h2*1-2,5-6H,3-4H2;1-2H2;1-4H/t5-,6+,9+,10-;5-,6+,9-,10+;;. The Morgan fingerprint density at radius 2 is 0.867 bits per heavy atom. The Morgan fingerprint density at radius 1 is 0.511 bits per heavy atom. The molecule has 6 fully saturated rings. The van der Waals surface area contributed by atoms with E-state index in [4.69, 9.17) is 18.9 Å². The van der Waals surface area contributed by atoms with Crippen LogP contribution in [-0.2, 0) is 52.5 Å². The maximum Gasteiger partial charge on any atom is 0.343 e. The summed E-state index contributed by atoms with van der Waals surface area (Å²) in [4.78, 5) is 69.0. The first-order valence-electron chi connectivity index (χ1n) is 14.1. The van der Waals surface area contributed by atoms with Gasteiger partial charge in [-0.3, -0.25) is 19.2 Å². The van der Waals surface area contributed by atoms with E-state index < -0.39 is 33.6 Å². The second-order valence-electron chi connectivity index (χ2n) is 11.9. The first kappa shape index (κ1) is 29.3. The molecule has 1 aromatic heterocycles. The molecule has 10 aliphatic rings. The van der Waals surface area contributed by atoms with Crippen molar-refractivity contribution < 1.29 is 56.9 Å². The number of furan rings is 1. The van der Waals surface area contributed by atoms with Gasteiger partial charge in [-0.25, -0.2) is 9.59 Å². The highest BCUT2D eigenvalue weighted by atomic mass is 32.2. The SMILES string of the molecule is O=C1OC(=O)C2=C1CSC2.O=C1OC(=O)[C@@]23CSC[C@@]12[C@@H]1C=C[C@H]3O1.O=C1OC(=O)[C@@]23CSC[C@@]12[C@H]1C=C[C@@H]3O1.c1ccoc1. The van der Waals surface area contributed by atoms with E-state index >= 15 is 0 Å². The molecule has 45 heavy (non-hydrogen) atoms. The third-order valence-electron chi connectivity index (χ3n) is 10.2. The fraction of sp³-hybridized carbons (Fsp3) is 0.467. The number of hydrogen-bond donors (Lipinski definition) is 0. The number of rotatable bonds is 0. The Labute approximate surface area is 268 Å². The highest BCUT2D eigenvalue weighted by Gasteiger charge is 2.83. The molecule has 0 unspecified atom stereocenters. The molecule has 0 saturated carbocycles. The molecule has 11 rings (SSSR count). The minimum absolute atomic E-state index is 0.253. The summed E-state index contributed by atoms with van der Waals surface area (Å²) in [7, 11) is 0. The summed E-state index contributed by atoms with van der Waals surface area (Å²) in [6.45, 7) is 0. The number of ether oxygens (including phenoxy) is 5. The molecule has 0 aromatic carbocycles. The predicted octanol–water partition coefficient (Wildman–Crippen LogP) is 1.65. The van der Waals surface area contributed by atoms with Crippen LogP contribution in [0.15, 0.2) is 64.5 Å². The van der Waals surface area contributed by atoms with Gasteiger partial charge < -0.3 is 28.1 Å². The van der Waals surface area contributed by atoms with Crippen LogP contribution in [0.4, 0.5) is 0 Å². The van der Waals surface area contributed by atoms with Crippen molar-refractivity contribution in [3.05, 3.63) is 60.1 Å². The van der Waals surface area contributed by atoms with Gasteiger partial charge in [0.15, 0.2) is 0 Å². The molecular formula is C30H24O12S3. The van der Waals surface area contributed by atoms with Crippen LogP contribution in [0.3, 0.4) is 0 Å². The van der Waals surface area contributed by atoms with E-state index in [-0.39, 0.29) is 48.3 Å². The third-order valence-corrected chi connectivity index (χ3v) is 13.8. The number of fused-ring (bicyclic) bond motifs is 4. The van der Waals surface area contributed by atoms with Crippen molar-refractivity contribution in [1.82, 2.24) is 0 Å². The van der Waals surface area contributed by atoms with Gasteiger partial charge in [0.1, 0.15) is 21.7 Å². The van der Waals surface area contributed by atoms with Crippen LogP contribution in [0.25, 0.3) is 0 Å². The van der Waals surface area contributed by atoms with Crippen molar-refractivity contribution in [3.8, 4) is 0 Å². The van der Waals surface area contributed by atoms with Crippen molar-refractivity contribution in [1.29, 1.82) is 0 Å². The lowest BCUT2D eigenvalue weighted by Crippen LogP contribution is -2.50. The van der Waals surface area contributed by atoms with Gasteiger partial charge in [0.05, 0.1) is 48.1 Å². The summed E-state index contributed by atoms with van der Waals surface area (Å²) in [5.41, 5.74) is -1.70. The zero-order valence-electron chi connectivity index (χ0n) is 23.3. The highest BCUT2D eigenvalue weighted by molar-refractivity contribution is 8.00. The monoisotopic (exact) mass is 672 g/mol. The van der Waals surface area contributed by atoms with E-state index in [1.807, 2.05) is 36.4 Å². The van der Waals surface area contributed by atoms with Crippen LogP contribution < -0.4 is 0 Å². The Balaban J connectivity index is 0.0000000947. The van der Waals surface area contributed by atoms with Gasteiger partial charge in [-0.15, -0.1) is 0 Å². The van der Waals surface area contributed by atoms with Crippen molar-refractivity contribution in [2.45, 2.75) is 24.4 Å². The first-order valence-corrected chi connectivity index (χ1v) is 17.6. The van der Waals surface area contributed by atoms with Gasteiger partial charge in [-0.1, -0.05) is 24.3 Å². The van der Waals surface area contributed by atoms with E-state index in [1.54, 1.807) is 47.8 Å². The molecule has 12 nitrogen and oxygen atoms in total. The topological polar surface area (TPSA) is 162 Å². The molecule has 0 amide bonds. The van der Waals surface area contributed by atoms with Gasteiger partial charge in [-0.2, -0.15) is 35.3 Å². The Bertz CT molecular complexity index is 1450. The van der Waals surface area contributed by atoms with Gasteiger partial charge in [0, 0.05) is 34.5 Å². The first-order chi connectivity index (χ1) is 21.7. The Kier molecular flexibility index (Phi) is 6.64. The van der Waals surface area contributed by atoms with Crippen molar-refractivity contribution >= 4 is 71.1 Å². The summed E-state index contributed by atoms with van der Waals surface area (Å²) in [5.74, 6) is 1.44. The van der Waals surface area contributed by atoms with E-state index in [9.17, 15) is 28.8 Å². The molecule has 0 radical (unpaired) electrons. The second-order valence-corrected chi connectivity index (χ2v) is 14.8. The average molecular weight is 673 g/mol. The lowest BCUT2D eigenvalue weighted by Gasteiger charge is -2.30. The number of carbonyl (C=O) groups is 6. The molecular weight excluding hydrogens is 649 g/mol. The molecule has 4 bridgehead atoms. The molecule has 234 valence electrons. The van der Waals surface area contributed by atoms with Gasteiger partial charge in [-0.05, 0) is 12.1 Å². The van der Waals surface area contributed by atoms with Gasteiger partial charge >= 0.3 is 35.8 Å². The maximum absolute atomic E-state index is 11.9. The minimum atomic E-state index is -0.714. The van der Waals surface area contributed by atoms with Crippen LogP contribution in [0.5, 0.6) is 0 Å². The van der Waals surface area contributed by atoms with E-state index in [0.717, 1.165) is 0 Å².